The minimum absolute atomic E-state index is 0.0339. The van der Waals surface area contributed by atoms with Gasteiger partial charge in [-0.25, -0.2) is 0 Å². The number of halogens is 1. The fraction of sp³-hybridized carbons (Fsp3) is 0.462. The molecule has 0 aromatic heterocycles. The van der Waals surface area contributed by atoms with Gasteiger partial charge >= 0.3 is 0 Å². The maximum Gasteiger partial charge on any atom is 0.255 e. The van der Waals surface area contributed by atoms with E-state index in [2.05, 4.69) is 15.9 Å². The van der Waals surface area contributed by atoms with Crippen molar-refractivity contribution in [3.05, 3.63) is 22.7 Å². The van der Waals surface area contributed by atoms with Gasteiger partial charge in [-0.05, 0) is 38.0 Å². The molecule has 1 amide bonds. The van der Waals surface area contributed by atoms with E-state index in [0.29, 0.717) is 11.4 Å². The van der Waals surface area contributed by atoms with Crippen molar-refractivity contribution in [2.45, 2.75) is 32.0 Å². The topological polar surface area (TPSA) is 55.6 Å². The Kier molecular flexibility index (Phi) is 3.92. The second-order valence-corrected chi connectivity index (χ2v) is 5.53. The molecular weight excluding hydrogens is 296 g/mol. The van der Waals surface area contributed by atoms with Crippen molar-refractivity contribution in [1.82, 2.24) is 0 Å². The van der Waals surface area contributed by atoms with Crippen LogP contribution in [0.25, 0.3) is 0 Å². The third-order valence-corrected chi connectivity index (χ3v) is 3.68. The van der Waals surface area contributed by atoms with Crippen LogP contribution >= 0.6 is 15.9 Å². The monoisotopic (exact) mass is 312 g/mol. The van der Waals surface area contributed by atoms with Crippen LogP contribution in [-0.2, 0) is 9.53 Å². The first-order valence-electron chi connectivity index (χ1n) is 5.97. The van der Waals surface area contributed by atoms with Gasteiger partial charge in [-0.3, -0.25) is 4.79 Å². The van der Waals surface area contributed by atoms with E-state index in [1.165, 1.54) is 0 Å². The summed E-state index contributed by atoms with van der Waals surface area (Å²) in [6, 6.07) is 5.49. The molecule has 2 N–H and O–H groups in total. The summed E-state index contributed by atoms with van der Waals surface area (Å²) in [6.07, 6.45) is 1.53. The molecule has 18 heavy (non-hydrogen) atoms. The first kappa shape index (κ1) is 13.4. The number of nitrogen functional groups attached to an aromatic ring is 1. The zero-order valence-corrected chi connectivity index (χ0v) is 12.1. The van der Waals surface area contributed by atoms with E-state index in [0.717, 1.165) is 17.3 Å². The highest BCUT2D eigenvalue weighted by Gasteiger charge is 2.31. The molecule has 1 heterocycles. The summed E-state index contributed by atoms with van der Waals surface area (Å²) in [7, 11) is 1.73. The molecule has 0 saturated carbocycles. The van der Waals surface area contributed by atoms with E-state index < -0.39 is 0 Å². The minimum atomic E-state index is -0.340. The number of benzene rings is 1. The number of nitrogens with two attached hydrogens (primary N) is 1. The molecule has 0 aliphatic carbocycles. The van der Waals surface area contributed by atoms with Crippen LogP contribution in [0.4, 0.5) is 11.4 Å². The highest BCUT2D eigenvalue weighted by atomic mass is 79.9. The van der Waals surface area contributed by atoms with E-state index in [9.17, 15) is 4.79 Å². The fourth-order valence-electron chi connectivity index (χ4n) is 2.15. The molecule has 98 valence electrons. The van der Waals surface area contributed by atoms with Gasteiger partial charge in [0.05, 0.1) is 17.5 Å². The smallest absolute Gasteiger partial charge is 0.255 e. The number of carbonyl (C=O) groups excluding carboxylic acids is 1. The van der Waals surface area contributed by atoms with Gasteiger partial charge in [0.25, 0.3) is 5.91 Å². The average molecular weight is 313 g/mol. The number of amides is 1. The summed E-state index contributed by atoms with van der Waals surface area (Å²) >= 11 is 3.35. The van der Waals surface area contributed by atoms with Gasteiger partial charge in [0.15, 0.2) is 0 Å². The summed E-state index contributed by atoms with van der Waals surface area (Å²) in [6.45, 7) is 1.99. The lowest BCUT2D eigenvalue weighted by Crippen LogP contribution is -2.36. The van der Waals surface area contributed by atoms with Gasteiger partial charge in [0.2, 0.25) is 0 Å². The van der Waals surface area contributed by atoms with E-state index in [1.54, 1.807) is 18.0 Å². The molecule has 1 aliphatic rings. The summed E-state index contributed by atoms with van der Waals surface area (Å²) in [4.78, 5) is 13.8. The van der Waals surface area contributed by atoms with Crippen molar-refractivity contribution in [2.24, 2.45) is 0 Å². The molecule has 0 bridgehead atoms. The Morgan fingerprint density at radius 2 is 2.22 bits per heavy atom. The number of hydrogen-bond donors (Lipinski definition) is 1. The highest BCUT2D eigenvalue weighted by Crippen LogP contribution is 2.28. The van der Waals surface area contributed by atoms with Crippen LogP contribution in [0.1, 0.15) is 19.8 Å². The fourth-order valence-corrected chi connectivity index (χ4v) is 2.53. The van der Waals surface area contributed by atoms with E-state index in [-0.39, 0.29) is 18.1 Å². The van der Waals surface area contributed by atoms with E-state index >= 15 is 0 Å². The number of ether oxygens (including phenoxy) is 1. The molecule has 5 heteroatoms. The molecule has 1 fully saturated rings. The SMILES string of the molecule is CC1CCC(C(=O)N(C)c2ccc(Br)cc2N)O1. The van der Waals surface area contributed by atoms with Gasteiger partial charge in [0, 0.05) is 11.5 Å². The zero-order chi connectivity index (χ0) is 13.3. The number of hydrogen-bond acceptors (Lipinski definition) is 3. The van der Waals surface area contributed by atoms with Crippen LogP contribution in [0.3, 0.4) is 0 Å². The first-order chi connectivity index (χ1) is 8.49. The van der Waals surface area contributed by atoms with Crippen molar-refractivity contribution in [3.63, 3.8) is 0 Å². The molecule has 1 saturated heterocycles. The second-order valence-electron chi connectivity index (χ2n) is 4.61. The van der Waals surface area contributed by atoms with Crippen molar-refractivity contribution in [1.29, 1.82) is 0 Å². The molecular formula is C13H17BrN2O2. The van der Waals surface area contributed by atoms with Crippen LogP contribution in [0, 0.1) is 0 Å². The summed E-state index contributed by atoms with van der Waals surface area (Å²) in [5, 5.41) is 0. The zero-order valence-electron chi connectivity index (χ0n) is 10.5. The Labute approximate surface area is 115 Å². The molecule has 1 aliphatic heterocycles. The van der Waals surface area contributed by atoms with Gasteiger partial charge < -0.3 is 15.4 Å². The normalized spacial score (nSPS) is 23.1. The quantitative estimate of drug-likeness (QED) is 0.854. The Hall–Kier alpha value is -1.07. The van der Waals surface area contributed by atoms with Crippen molar-refractivity contribution in [2.75, 3.05) is 17.7 Å². The van der Waals surface area contributed by atoms with Crippen molar-refractivity contribution in [3.8, 4) is 0 Å². The van der Waals surface area contributed by atoms with Crippen LogP contribution in [-0.4, -0.2) is 25.2 Å². The minimum Gasteiger partial charge on any atom is -0.397 e. The molecule has 1 aromatic rings. The molecule has 2 atom stereocenters. The number of likely N-dealkylation sites (N-methyl/N-ethyl adjacent to an activating group) is 1. The largest absolute Gasteiger partial charge is 0.397 e. The summed E-state index contributed by atoms with van der Waals surface area (Å²) < 4.78 is 6.49. The first-order valence-corrected chi connectivity index (χ1v) is 6.76. The summed E-state index contributed by atoms with van der Waals surface area (Å²) in [5.41, 5.74) is 7.21. The van der Waals surface area contributed by atoms with E-state index in [4.69, 9.17) is 10.5 Å². The van der Waals surface area contributed by atoms with E-state index in [1.807, 2.05) is 19.1 Å². The number of carbonyl (C=O) groups is 1. The lowest BCUT2D eigenvalue weighted by molar-refractivity contribution is -0.128. The molecule has 0 radical (unpaired) electrons. The van der Waals surface area contributed by atoms with Gasteiger partial charge in [-0.2, -0.15) is 0 Å². The second kappa shape index (κ2) is 5.28. The predicted molar refractivity (Wildman–Crippen MR) is 75.5 cm³/mol. The number of rotatable bonds is 2. The lowest BCUT2D eigenvalue weighted by Gasteiger charge is -2.22. The molecule has 1 aromatic carbocycles. The Morgan fingerprint density at radius 3 is 2.78 bits per heavy atom. The van der Waals surface area contributed by atoms with Crippen LogP contribution in [0.5, 0.6) is 0 Å². The molecule has 4 nitrogen and oxygen atoms in total. The number of nitrogens with zero attached hydrogens (tertiary/aromatic N) is 1. The molecule has 2 rings (SSSR count). The highest BCUT2D eigenvalue weighted by molar-refractivity contribution is 9.10. The van der Waals surface area contributed by atoms with Gasteiger partial charge in [-0.15, -0.1) is 0 Å². The van der Waals surface area contributed by atoms with Crippen molar-refractivity contribution >= 4 is 33.2 Å². The Balaban J connectivity index is 2.15. The Morgan fingerprint density at radius 1 is 1.50 bits per heavy atom. The molecule has 0 spiro atoms. The van der Waals surface area contributed by atoms with Crippen LogP contribution in [0.2, 0.25) is 0 Å². The standard InChI is InChI=1S/C13H17BrN2O2/c1-8-3-6-12(18-8)13(17)16(2)11-5-4-9(14)7-10(11)15/h4-5,7-8,12H,3,6,15H2,1-2H3. The van der Waals surface area contributed by atoms with Gasteiger partial charge in [0.1, 0.15) is 6.10 Å². The maximum atomic E-state index is 12.3. The van der Waals surface area contributed by atoms with Crippen LogP contribution < -0.4 is 10.6 Å². The Bertz CT molecular complexity index is 464. The van der Waals surface area contributed by atoms with Crippen LogP contribution in [0.15, 0.2) is 22.7 Å². The number of anilines is 2. The lowest BCUT2D eigenvalue weighted by atomic mass is 10.1. The third-order valence-electron chi connectivity index (χ3n) is 3.19. The van der Waals surface area contributed by atoms with Gasteiger partial charge in [-0.1, -0.05) is 15.9 Å². The summed E-state index contributed by atoms with van der Waals surface area (Å²) in [5.74, 6) is -0.0339. The maximum absolute atomic E-state index is 12.3. The molecule has 2 unspecified atom stereocenters. The van der Waals surface area contributed by atoms with Crippen molar-refractivity contribution < 1.29 is 9.53 Å². The third kappa shape index (κ3) is 2.67. The average Bonchev–Trinajstić information content (AvgIpc) is 2.74. The predicted octanol–water partition coefficient (Wildman–Crippen LogP) is 2.56.